The van der Waals surface area contributed by atoms with E-state index in [1.165, 1.54) is 7.11 Å². The number of esters is 1. The maximum atomic E-state index is 12.5. The number of hydrogen-bond donors (Lipinski definition) is 2. The highest BCUT2D eigenvalue weighted by Gasteiger charge is 2.28. The topological polar surface area (TPSA) is 101 Å². The Morgan fingerprint density at radius 1 is 1.30 bits per heavy atom. The van der Waals surface area contributed by atoms with E-state index < -0.39 is 17.9 Å². The van der Waals surface area contributed by atoms with Gasteiger partial charge in [-0.2, -0.15) is 5.10 Å². The number of nitrogens with one attached hydrogen (secondary N) is 2. The molecule has 0 radical (unpaired) electrons. The Kier molecular flexibility index (Phi) is 5.10. The van der Waals surface area contributed by atoms with Crippen molar-refractivity contribution in [1.29, 1.82) is 0 Å². The zero-order valence-corrected chi connectivity index (χ0v) is 13.3. The Balaban J connectivity index is 2.39. The predicted molar refractivity (Wildman–Crippen MR) is 85.1 cm³/mol. The number of rotatable bonds is 5. The summed E-state index contributed by atoms with van der Waals surface area (Å²) in [7, 11) is 1.28. The summed E-state index contributed by atoms with van der Waals surface area (Å²) in [4.78, 5) is 36.2. The quantitative estimate of drug-likeness (QED) is 0.808. The van der Waals surface area contributed by atoms with Gasteiger partial charge in [-0.1, -0.05) is 38.5 Å². The summed E-state index contributed by atoms with van der Waals surface area (Å²) in [5.41, 5.74) is -0.305. The monoisotopic (exact) mass is 317 g/mol. The van der Waals surface area contributed by atoms with Crippen LogP contribution in [-0.2, 0) is 9.53 Å². The van der Waals surface area contributed by atoms with Crippen molar-refractivity contribution in [3.8, 4) is 0 Å². The fourth-order valence-electron chi connectivity index (χ4n) is 2.29. The highest BCUT2D eigenvalue weighted by Crippen LogP contribution is 2.14. The van der Waals surface area contributed by atoms with Crippen LogP contribution >= 0.6 is 0 Å². The van der Waals surface area contributed by atoms with Gasteiger partial charge in [0.25, 0.3) is 11.5 Å². The number of carbonyl (C=O) groups is 2. The third-order valence-corrected chi connectivity index (χ3v) is 3.87. The molecule has 7 nitrogen and oxygen atoms in total. The molecule has 0 bridgehead atoms. The van der Waals surface area contributed by atoms with Gasteiger partial charge in [0.15, 0.2) is 5.69 Å². The van der Waals surface area contributed by atoms with Gasteiger partial charge in [-0.05, 0) is 12.0 Å². The van der Waals surface area contributed by atoms with Crippen molar-refractivity contribution >= 4 is 22.6 Å². The molecule has 1 aromatic carbocycles. The number of ether oxygens (including phenoxy) is 1. The normalized spacial score (nSPS) is 13.3. The molecule has 0 aliphatic carbocycles. The number of aromatic nitrogens is 2. The second-order valence-corrected chi connectivity index (χ2v) is 5.31. The number of carbonyl (C=O) groups excluding carboxylic acids is 2. The molecule has 1 heterocycles. The first-order valence-corrected chi connectivity index (χ1v) is 7.35. The smallest absolute Gasteiger partial charge is 0.328 e. The molecular formula is C16H19N3O4. The molecule has 0 saturated carbocycles. The van der Waals surface area contributed by atoms with Gasteiger partial charge in [-0.25, -0.2) is 9.89 Å². The first kappa shape index (κ1) is 16.7. The number of methoxy groups -OCH3 is 1. The molecule has 2 N–H and O–H groups in total. The summed E-state index contributed by atoms with van der Waals surface area (Å²) in [6, 6.07) is 5.90. The summed E-state index contributed by atoms with van der Waals surface area (Å²) in [5, 5.41) is 9.58. The van der Waals surface area contributed by atoms with Gasteiger partial charge in [0, 0.05) is 5.39 Å². The van der Waals surface area contributed by atoms with E-state index in [0.717, 1.165) is 0 Å². The Hall–Kier alpha value is -2.70. The minimum absolute atomic E-state index is 0.0670. The molecule has 0 fully saturated rings. The van der Waals surface area contributed by atoms with Crippen LogP contribution < -0.4 is 10.9 Å². The average molecular weight is 317 g/mol. The van der Waals surface area contributed by atoms with Crippen LogP contribution in [0, 0.1) is 5.92 Å². The number of hydrogen-bond acceptors (Lipinski definition) is 5. The first-order valence-electron chi connectivity index (χ1n) is 7.35. The van der Waals surface area contributed by atoms with Crippen molar-refractivity contribution in [2.24, 2.45) is 5.92 Å². The number of amides is 1. The fraction of sp³-hybridized carbons (Fsp3) is 0.375. The van der Waals surface area contributed by atoms with E-state index in [4.69, 9.17) is 4.74 Å². The molecule has 0 unspecified atom stereocenters. The zero-order chi connectivity index (χ0) is 17.0. The highest BCUT2D eigenvalue weighted by molar-refractivity contribution is 6.05. The third-order valence-electron chi connectivity index (χ3n) is 3.87. The standard InChI is InChI=1S/C16H19N3O4/c1-4-9(2)12(16(22)23-3)17-15(21)13-10-7-5-6-8-11(10)14(20)19-18-13/h5-9,12H,4H2,1-3H3,(H,17,21)(H,19,20)/t9-,12-/m1/s1. The van der Waals surface area contributed by atoms with Gasteiger partial charge in [0.1, 0.15) is 6.04 Å². The van der Waals surface area contributed by atoms with Crippen LogP contribution in [-0.4, -0.2) is 35.2 Å². The second-order valence-electron chi connectivity index (χ2n) is 5.31. The lowest BCUT2D eigenvalue weighted by molar-refractivity contribution is -0.144. The number of aromatic amines is 1. The largest absolute Gasteiger partial charge is 0.467 e. The Morgan fingerprint density at radius 2 is 1.96 bits per heavy atom. The van der Waals surface area contributed by atoms with Gasteiger partial charge in [-0.15, -0.1) is 0 Å². The van der Waals surface area contributed by atoms with Crippen LogP contribution in [0.3, 0.4) is 0 Å². The summed E-state index contributed by atoms with van der Waals surface area (Å²) < 4.78 is 4.75. The van der Waals surface area contributed by atoms with Crippen LogP contribution in [0.25, 0.3) is 10.8 Å². The van der Waals surface area contributed by atoms with E-state index in [2.05, 4.69) is 15.5 Å². The molecule has 0 spiro atoms. The van der Waals surface area contributed by atoms with Crippen LogP contribution in [0.1, 0.15) is 30.8 Å². The van der Waals surface area contributed by atoms with Gasteiger partial charge >= 0.3 is 5.97 Å². The molecule has 2 rings (SSSR count). The molecule has 0 saturated heterocycles. The van der Waals surface area contributed by atoms with Gasteiger partial charge in [-0.3, -0.25) is 9.59 Å². The minimum atomic E-state index is -0.773. The summed E-state index contributed by atoms with van der Waals surface area (Å²) in [6.45, 7) is 3.76. The molecule has 1 aromatic heterocycles. The van der Waals surface area contributed by atoms with Crippen LogP contribution in [0.2, 0.25) is 0 Å². The molecule has 1 amide bonds. The van der Waals surface area contributed by atoms with E-state index in [0.29, 0.717) is 17.2 Å². The van der Waals surface area contributed by atoms with E-state index in [9.17, 15) is 14.4 Å². The van der Waals surface area contributed by atoms with Crippen molar-refractivity contribution in [3.05, 3.63) is 40.3 Å². The maximum Gasteiger partial charge on any atom is 0.328 e. The molecule has 2 aromatic rings. The van der Waals surface area contributed by atoms with Gasteiger partial charge in [0.05, 0.1) is 12.5 Å². The first-order chi connectivity index (χ1) is 11.0. The van der Waals surface area contributed by atoms with Gasteiger partial charge < -0.3 is 10.1 Å². The lowest BCUT2D eigenvalue weighted by Gasteiger charge is -2.21. The molecular weight excluding hydrogens is 298 g/mol. The summed E-state index contributed by atoms with van der Waals surface area (Å²) >= 11 is 0. The van der Waals surface area contributed by atoms with Crippen LogP contribution in [0.5, 0.6) is 0 Å². The van der Waals surface area contributed by atoms with Crippen molar-refractivity contribution in [3.63, 3.8) is 0 Å². The fourth-order valence-corrected chi connectivity index (χ4v) is 2.29. The van der Waals surface area contributed by atoms with Crippen molar-refractivity contribution in [2.75, 3.05) is 7.11 Å². The minimum Gasteiger partial charge on any atom is -0.467 e. The Morgan fingerprint density at radius 3 is 2.57 bits per heavy atom. The van der Waals surface area contributed by atoms with Gasteiger partial charge in [0.2, 0.25) is 0 Å². The summed E-state index contributed by atoms with van der Waals surface area (Å²) in [6.07, 6.45) is 0.694. The number of benzene rings is 1. The van der Waals surface area contributed by atoms with E-state index in [1.807, 2.05) is 13.8 Å². The zero-order valence-electron chi connectivity index (χ0n) is 13.3. The van der Waals surface area contributed by atoms with Crippen molar-refractivity contribution < 1.29 is 14.3 Å². The molecule has 0 aliphatic rings. The lowest BCUT2D eigenvalue weighted by atomic mass is 9.99. The highest BCUT2D eigenvalue weighted by atomic mass is 16.5. The van der Waals surface area contributed by atoms with Crippen molar-refractivity contribution in [2.45, 2.75) is 26.3 Å². The second kappa shape index (κ2) is 7.04. The van der Waals surface area contributed by atoms with E-state index >= 15 is 0 Å². The number of H-pyrrole nitrogens is 1. The number of nitrogens with zero attached hydrogens (tertiary/aromatic N) is 1. The molecule has 0 aliphatic heterocycles. The van der Waals surface area contributed by atoms with E-state index in [-0.39, 0.29) is 17.2 Å². The molecule has 7 heteroatoms. The third kappa shape index (κ3) is 3.39. The Labute approximate surface area is 133 Å². The SMILES string of the molecule is CC[C@@H](C)[C@@H](NC(=O)c1n[nH]c(=O)c2ccccc12)C(=O)OC. The van der Waals surface area contributed by atoms with Crippen LogP contribution in [0.15, 0.2) is 29.1 Å². The predicted octanol–water partition coefficient (Wildman–Crippen LogP) is 1.24. The molecule has 2 atom stereocenters. The average Bonchev–Trinajstić information content (AvgIpc) is 2.58. The van der Waals surface area contributed by atoms with Crippen LogP contribution in [0.4, 0.5) is 0 Å². The Bertz CT molecular complexity index is 784. The van der Waals surface area contributed by atoms with E-state index in [1.54, 1.807) is 24.3 Å². The maximum absolute atomic E-state index is 12.5. The molecule has 23 heavy (non-hydrogen) atoms. The summed E-state index contributed by atoms with van der Waals surface area (Å²) in [5.74, 6) is -1.14. The lowest BCUT2D eigenvalue weighted by Crippen LogP contribution is -2.46. The van der Waals surface area contributed by atoms with Crippen molar-refractivity contribution in [1.82, 2.24) is 15.5 Å². The number of fused-ring (bicyclic) bond motifs is 1. The molecule has 122 valence electrons.